The normalized spacial score (nSPS) is 20.9. The number of hydrogen-bond donors (Lipinski definition) is 1. The van der Waals surface area contributed by atoms with Gasteiger partial charge in [0.25, 0.3) is 5.95 Å². The number of benzene rings is 2. The number of nitrogens with zero attached hydrogens (tertiary/aromatic N) is 6. The molecule has 0 amide bonds. The number of carboxylic acid groups (broad SMARTS) is 1. The van der Waals surface area contributed by atoms with Gasteiger partial charge in [-0.25, -0.2) is 0 Å². The molecule has 0 bridgehead atoms. The molecule has 0 spiro atoms. The number of carbonyl (C=O) groups is 1. The van der Waals surface area contributed by atoms with Crippen molar-refractivity contribution < 1.29 is 36.2 Å². The van der Waals surface area contributed by atoms with E-state index in [-0.39, 0.29) is 36.1 Å². The van der Waals surface area contributed by atoms with Crippen LogP contribution in [0.3, 0.4) is 0 Å². The van der Waals surface area contributed by atoms with Gasteiger partial charge in [-0.1, -0.05) is 11.2 Å². The van der Waals surface area contributed by atoms with Gasteiger partial charge in [-0.15, -0.1) is 5.10 Å². The number of tetrazole rings is 1. The van der Waals surface area contributed by atoms with Crippen molar-refractivity contribution in [3.05, 3.63) is 63.2 Å². The summed E-state index contributed by atoms with van der Waals surface area (Å²) in [6.07, 6.45) is -6.24. The molecule has 1 aliphatic heterocycles. The van der Waals surface area contributed by atoms with Crippen molar-refractivity contribution in [2.24, 2.45) is 13.0 Å². The van der Waals surface area contributed by atoms with Crippen LogP contribution in [-0.4, -0.2) is 43.9 Å². The summed E-state index contributed by atoms with van der Waals surface area (Å²) in [5.74, 6) is -1.08. The van der Waals surface area contributed by atoms with Gasteiger partial charge in [0.2, 0.25) is 0 Å². The molecule has 5 rings (SSSR count). The zero-order chi connectivity index (χ0) is 32.8. The average molecular weight is 639 g/mol. The summed E-state index contributed by atoms with van der Waals surface area (Å²) >= 11 is 0. The van der Waals surface area contributed by atoms with Gasteiger partial charge in [0.05, 0.1) is 30.1 Å². The van der Waals surface area contributed by atoms with Crippen LogP contribution in [0.1, 0.15) is 83.5 Å². The number of fused-ring (bicyclic) bond motifs is 1. The van der Waals surface area contributed by atoms with Gasteiger partial charge in [0.15, 0.2) is 0 Å². The van der Waals surface area contributed by atoms with Crippen molar-refractivity contribution in [2.75, 3.05) is 16.3 Å². The van der Waals surface area contributed by atoms with Gasteiger partial charge < -0.3 is 14.9 Å². The van der Waals surface area contributed by atoms with Gasteiger partial charge in [0, 0.05) is 24.8 Å². The maximum absolute atomic E-state index is 13.8. The lowest BCUT2D eigenvalue weighted by molar-refractivity contribution is -0.144. The third-order valence-electron chi connectivity index (χ3n) is 9.30. The van der Waals surface area contributed by atoms with E-state index in [1.54, 1.807) is 4.90 Å². The Morgan fingerprint density at radius 3 is 2.09 bits per heavy atom. The highest BCUT2D eigenvalue weighted by Crippen LogP contribution is 2.45. The molecule has 2 aromatic carbocycles. The minimum atomic E-state index is -4.98. The van der Waals surface area contributed by atoms with Crippen LogP contribution in [-0.2, 0) is 30.7 Å². The molecule has 1 atom stereocenters. The fraction of sp³-hybridized carbons (Fsp3) is 0.548. The SMILES string of the molecule is Cc1cc2c(c(C)c1C)N(C1CCC(C(=O)O)CC1)CCC[C@@H]2N(Cc1cc(C(F)(F)F)cc(C(F)(F)F)c1)c1nnn(C)n1. The first-order chi connectivity index (χ1) is 21.0. The molecule has 244 valence electrons. The highest BCUT2D eigenvalue weighted by Gasteiger charge is 2.39. The van der Waals surface area contributed by atoms with Gasteiger partial charge in [-0.3, -0.25) is 4.79 Å². The molecular formula is C31H36F6N6O2. The molecular weight excluding hydrogens is 602 g/mol. The lowest BCUT2D eigenvalue weighted by atomic mass is 9.84. The summed E-state index contributed by atoms with van der Waals surface area (Å²) in [5, 5.41) is 21.9. The van der Waals surface area contributed by atoms with Gasteiger partial charge in [-0.05, 0) is 111 Å². The van der Waals surface area contributed by atoms with Crippen molar-refractivity contribution in [3.63, 3.8) is 0 Å². The third kappa shape index (κ3) is 6.74. The molecule has 0 unspecified atom stereocenters. The molecule has 1 saturated carbocycles. The second-order valence-electron chi connectivity index (χ2n) is 12.2. The maximum Gasteiger partial charge on any atom is 0.416 e. The number of carboxylic acids is 1. The average Bonchev–Trinajstić information content (AvgIpc) is 3.31. The van der Waals surface area contributed by atoms with Crippen LogP contribution in [0.25, 0.3) is 0 Å². The first-order valence-electron chi connectivity index (χ1n) is 14.9. The lowest BCUT2D eigenvalue weighted by Gasteiger charge is -2.40. The molecule has 14 heteroatoms. The van der Waals surface area contributed by atoms with Crippen molar-refractivity contribution in [2.45, 2.75) is 90.3 Å². The Balaban J connectivity index is 1.62. The summed E-state index contributed by atoms with van der Waals surface area (Å²) < 4.78 is 82.6. The standard InChI is InChI=1S/C31H36F6N6O2/c1-17-12-25-26(6-5-11-42(27(25)19(3)18(17)2)24-9-7-21(8-10-24)28(44)45)43(29-38-40-41(4)39-29)16-20-13-22(30(32,33)34)15-23(14-20)31(35,36)37/h12-15,21,24,26H,5-11,16H2,1-4H3,(H,44,45)/t21?,24?,26-/m0/s1. The quantitative estimate of drug-likeness (QED) is 0.287. The Morgan fingerprint density at radius 2 is 1.56 bits per heavy atom. The molecule has 0 radical (unpaired) electrons. The van der Waals surface area contributed by atoms with Crippen molar-refractivity contribution in [1.29, 1.82) is 0 Å². The monoisotopic (exact) mass is 638 g/mol. The molecule has 3 aromatic rings. The molecule has 0 saturated heterocycles. The Labute approximate surface area is 257 Å². The smallest absolute Gasteiger partial charge is 0.416 e. The number of aromatic nitrogens is 4. The van der Waals surface area contributed by atoms with Crippen LogP contribution in [0.15, 0.2) is 24.3 Å². The Morgan fingerprint density at radius 1 is 0.933 bits per heavy atom. The molecule has 1 aliphatic carbocycles. The van der Waals surface area contributed by atoms with E-state index in [4.69, 9.17) is 0 Å². The summed E-state index contributed by atoms with van der Waals surface area (Å²) in [7, 11) is 1.54. The molecule has 1 aromatic heterocycles. The summed E-state index contributed by atoms with van der Waals surface area (Å²) in [4.78, 5) is 16.8. The topological polar surface area (TPSA) is 87.4 Å². The summed E-state index contributed by atoms with van der Waals surface area (Å²) in [6, 6.07) is 3.26. The molecule has 8 nitrogen and oxygen atoms in total. The molecule has 45 heavy (non-hydrogen) atoms. The maximum atomic E-state index is 13.8. The number of hydrogen-bond acceptors (Lipinski definition) is 6. The van der Waals surface area contributed by atoms with E-state index >= 15 is 0 Å². The van der Waals surface area contributed by atoms with E-state index in [1.807, 2.05) is 26.8 Å². The Hall–Kier alpha value is -3.84. The first kappa shape index (κ1) is 32.6. The highest BCUT2D eigenvalue weighted by molar-refractivity contribution is 5.70. The molecule has 2 heterocycles. The van der Waals surface area contributed by atoms with Crippen LogP contribution in [0, 0.1) is 26.7 Å². The van der Waals surface area contributed by atoms with Crippen LogP contribution >= 0.6 is 0 Å². The first-order valence-corrected chi connectivity index (χ1v) is 14.9. The van der Waals surface area contributed by atoms with E-state index < -0.39 is 35.5 Å². The van der Waals surface area contributed by atoms with Crippen molar-refractivity contribution in [3.8, 4) is 0 Å². The van der Waals surface area contributed by atoms with E-state index in [2.05, 4.69) is 20.3 Å². The van der Waals surface area contributed by atoms with Crippen molar-refractivity contribution >= 4 is 17.6 Å². The zero-order valence-corrected chi connectivity index (χ0v) is 25.5. The number of rotatable bonds is 6. The van der Waals surface area contributed by atoms with E-state index in [9.17, 15) is 36.2 Å². The van der Waals surface area contributed by atoms with E-state index in [0.29, 0.717) is 45.1 Å². The van der Waals surface area contributed by atoms with Crippen LogP contribution in [0.2, 0.25) is 0 Å². The van der Waals surface area contributed by atoms with E-state index in [1.165, 1.54) is 11.8 Å². The fourth-order valence-corrected chi connectivity index (χ4v) is 6.80. The molecule has 1 fully saturated rings. The van der Waals surface area contributed by atoms with E-state index in [0.717, 1.165) is 40.1 Å². The number of aryl methyl sites for hydroxylation is 2. The largest absolute Gasteiger partial charge is 0.481 e. The Kier molecular flexibility index (Phi) is 8.80. The predicted molar refractivity (Wildman–Crippen MR) is 155 cm³/mol. The van der Waals surface area contributed by atoms with Crippen LogP contribution in [0.4, 0.5) is 38.0 Å². The number of alkyl halides is 6. The van der Waals surface area contributed by atoms with Crippen LogP contribution in [0.5, 0.6) is 0 Å². The summed E-state index contributed by atoms with van der Waals surface area (Å²) in [5.41, 5.74) is 2.01. The zero-order valence-electron chi connectivity index (χ0n) is 25.5. The highest BCUT2D eigenvalue weighted by atomic mass is 19.4. The fourth-order valence-electron chi connectivity index (χ4n) is 6.80. The minimum Gasteiger partial charge on any atom is -0.481 e. The second-order valence-corrected chi connectivity index (χ2v) is 12.2. The number of halogens is 6. The predicted octanol–water partition coefficient (Wildman–Crippen LogP) is 7.16. The lowest BCUT2D eigenvalue weighted by Crippen LogP contribution is -2.40. The Bertz CT molecular complexity index is 1530. The number of anilines is 2. The van der Waals surface area contributed by atoms with Gasteiger partial charge in [0.1, 0.15) is 0 Å². The molecule has 1 N–H and O–H groups in total. The second kappa shape index (κ2) is 12.2. The van der Waals surface area contributed by atoms with Crippen molar-refractivity contribution in [1.82, 2.24) is 20.2 Å². The van der Waals surface area contributed by atoms with Crippen LogP contribution < -0.4 is 9.80 Å². The van der Waals surface area contributed by atoms with Gasteiger partial charge in [-0.2, -0.15) is 31.1 Å². The third-order valence-corrected chi connectivity index (χ3v) is 9.30. The summed E-state index contributed by atoms with van der Waals surface area (Å²) in [6.45, 7) is 6.36. The minimum absolute atomic E-state index is 0.0886. The molecule has 2 aliphatic rings. The van der Waals surface area contributed by atoms with Gasteiger partial charge >= 0.3 is 18.3 Å². The number of aliphatic carboxylic acids is 1.